The molecule has 1 heterocycles. The topological polar surface area (TPSA) is 32.3 Å². The largest absolute Gasteiger partial charge is 0.327 e. The van der Waals surface area contributed by atoms with Gasteiger partial charge in [-0.2, -0.15) is 0 Å². The number of rotatable bonds is 2. The molecule has 0 radical (unpaired) electrons. The van der Waals surface area contributed by atoms with E-state index in [1.807, 2.05) is 54.6 Å². The Morgan fingerprint density at radius 3 is 2.57 bits per heavy atom. The van der Waals surface area contributed by atoms with Crippen LogP contribution in [0.3, 0.4) is 0 Å². The lowest BCUT2D eigenvalue weighted by Gasteiger charge is -2.13. The van der Waals surface area contributed by atoms with Crippen LogP contribution >= 0.6 is 28.1 Å². The monoisotopic (exact) mass is 358 g/mol. The third kappa shape index (κ3) is 2.89. The fourth-order valence-corrected chi connectivity index (χ4v) is 2.82. The number of hydrogen-bond donors (Lipinski definition) is 1. The third-order valence-electron chi connectivity index (χ3n) is 3.05. The Hall–Kier alpha value is -1.98. The number of benzene rings is 2. The van der Waals surface area contributed by atoms with E-state index in [0.717, 1.165) is 15.7 Å². The second-order valence-corrected chi connectivity index (χ2v) is 5.82. The molecule has 2 aromatic rings. The first-order valence-electron chi connectivity index (χ1n) is 6.33. The van der Waals surface area contributed by atoms with E-state index in [4.69, 9.17) is 12.2 Å². The molecule has 0 atom stereocenters. The Morgan fingerprint density at radius 1 is 1.10 bits per heavy atom. The lowest BCUT2D eigenvalue weighted by Crippen LogP contribution is -2.30. The van der Waals surface area contributed by atoms with Gasteiger partial charge < -0.3 is 5.32 Å². The van der Waals surface area contributed by atoms with Gasteiger partial charge in [-0.1, -0.05) is 46.3 Å². The quantitative estimate of drug-likeness (QED) is 0.655. The summed E-state index contributed by atoms with van der Waals surface area (Å²) >= 11 is 8.68. The van der Waals surface area contributed by atoms with Gasteiger partial charge in [0.1, 0.15) is 5.70 Å². The summed E-state index contributed by atoms with van der Waals surface area (Å²) in [6.45, 7) is 0. The van der Waals surface area contributed by atoms with Crippen LogP contribution in [-0.2, 0) is 4.79 Å². The Morgan fingerprint density at radius 2 is 1.86 bits per heavy atom. The average Bonchev–Trinajstić information content (AvgIpc) is 2.74. The molecule has 0 spiro atoms. The summed E-state index contributed by atoms with van der Waals surface area (Å²) in [4.78, 5) is 14.0. The Labute approximate surface area is 136 Å². The van der Waals surface area contributed by atoms with Crippen LogP contribution in [0.1, 0.15) is 5.56 Å². The van der Waals surface area contributed by atoms with E-state index in [9.17, 15) is 4.79 Å². The fraction of sp³-hybridized carbons (Fsp3) is 0. The van der Waals surface area contributed by atoms with Crippen LogP contribution in [-0.4, -0.2) is 11.0 Å². The van der Waals surface area contributed by atoms with E-state index in [0.29, 0.717) is 10.8 Å². The number of nitrogens with one attached hydrogen (secondary N) is 1. The highest BCUT2D eigenvalue weighted by atomic mass is 79.9. The van der Waals surface area contributed by atoms with Crippen molar-refractivity contribution >= 4 is 50.9 Å². The molecular weight excluding hydrogens is 348 g/mol. The number of thiocarbonyl (C=S) groups is 1. The summed E-state index contributed by atoms with van der Waals surface area (Å²) in [7, 11) is 0. The van der Waals surface area contributed by atoms with Crippen molar-refractivity contribution in [1.82, 2.24) is 5.32 Å². The van der Waals surface area contributed by atoms with Crippen LogP contribution < -0.4 is 10.2 Å². The Bertz CT molecular complexity index is 743. The third-order valence-corrected chi connectivity index (χ3v) is 3.83. The van der Waals surface area contributed by atoms with Crippen LogP contribution in [0.25, 0.3) is 6.08 Å². The lowest BCUT2D eigenvalue weighted by atomic mass is 10.2. The lowest BCUT2D eigenvalue weighted by molar-refractivity contribution is -0.113. The van der Waals surface area contributed by atoms with Crippen molar-refractivity contribution in [2.24, 2.45) is 0 Å². The van der Waals surface area contributed by atoms with E-state index >= 15 is 0 Å². The fourth-order valence-electron chi connectivity index (χ4n) is 2.11. The molecule has 0 saturated carbocycles. The van der Waals surface area contributed by atoms with E-state index in [-0.39, 0.29) is 5.91 Å². The van der Waals surface area contributed by atoms with Crippen molar-refractivity contribution in [2.45, 2.75) is 0 Å². The minimum atomic E-state index is -0.147. The second-order valence-electron chi connectivity index (χ2n) is 4.52. The maximum Gasteiger partial charge on any atom is 0.281 e. The summed E-state index contributed by atoms with van der Waals surface area (Å²) < 4.78 is 0.963. The molecule has 1 aliphatic rings. The number of carbonyl (C=O) groups excluding carboxylic acids is 1. The van der Waals surface area contributed by atoms with Gasteiger partial charge >= 0.3 is 0 Å². The maximum absolute atomic E-state index is 12.5. The number of amides is 1. The van der Waals surface area contributed by atoms with Crippen molar-refractivity contribution < 1.29 is 4.79 Å². The molecule has 1 aliphatic heterocycles. The first-order chi connectivity index (χ1) is 10.1. The van der Waals surface area contributed by atoms with Gasteiger partial charge in [-0.3, -0.25) is 9.69 Å². The normalized spacial score (nSPS) is 16.4. The summed E-state index contributed by atoms with van der Waals surface area (Å²) in [6, 6.07) is 17.1. The van der Waals surface area contributed by atoms with Gasteiger partial charge in [0, 0.05) is 4.47 Å². The van der Waals surface area contributed by atoms with Gasteiger partial charge in [0.2, 0.25) is 0 Å². The SMILES string of the molecule is O=C1/C(=C/c2cccc(Br)c2)NC(=S)N1c1ccccc1. The molecule has 3 nitrogen and oxygen atoms in total. The van der Waals surface area contributed by atoms with Crippen LogP contribution in [0.5, 0.6) is 0 Å². The van der Waals surface area contributed by atoms with Gasteiger partial charge in [-0.25, -0.2) is 0 Å². The summed E-state index contributed by atoms with van der Waals surface area (Å²) in [5.74, 6) is -0.147. The van der Waals surface area contributed by atoms with Crippen LogP contribution in [0.15, 0.2) is 64.8 Å². The molecule has 104 valence electrons. The van der Waals surface area contributed by atoms with Gasteiger partial charge in [-0.05, 0) is 48.1 Å². The molecule has 1 fully saturated rings. The number of nitrogens with zero attached hydrogens (tertiary/aromatic N) is 1. The summed E-state index contributed by atoms with van der Waals surface area (Å²) in [5.41, 5.74) is 2.16. The molecule has 0 bridgehead atoms. The number of para-hydroxylation sites is 1. The number of anilines is 1. The van der Waals surface area contributed by atoms with Crippen LogP contribution in [0.4, 0.5) is 5.69 Å². The minimum Gasteiger partial charge on any atom is -0.327 e. The summed E-state index contributed by atoms with van der Waals surface area (Å²) in [6.07, 6.45) is 1.79. The van der Waals surface area contributed by atoms with Crippen LogP contribution in [0, 0.1) is 0 Å². The van der Waals surface area contributed by atoms with Crippen molar-refractivity contribution in [1.29, 1.82) is 0 Å². The van der Waals surface area contributed by atoms with Crippen molar-refractivity contribution in [3.05, 3.63) is 70.3 Å². The zero-order valence-electron chi connectivity index (χ0n) is 10.9. The molecule has 3 rings (SSSR count). The Kier molecular flexibility index (Phi) is 3.86. The molecule has 21 heavy (non-hydrogen) atoms. The van der Waals surface area contributed by atoms with E-state index < -0.39 is 0 Å². The van der Waals surface area contributed by atoms with Crippen molar-refractivity contribution in [2.75, 3.05) is 4.90 Å². The number of halogens is 1. The molecule has 1 saturated heterocycles. The van der Waals surface area contributed by atoms with Crippen molar-refractivity contribution in [3.63, 3.8) is 0 Å². The van der Waals surface area contributed by atoms with Gasteiger partial charge in [0.25, 0.3) is 5.91 Å². The first kappa shape index (κ1) is 14.0. The highest BCUT2D eigenvalue weighted by molar-refractivity contribution is 9.10. The van der Waals surface area contributed by atoms with Crippen LogP contribution in [0.2, 0.25) is 0 Å². The highest BCUT2D eigenvalue weighted by Crippen LogP contribution is 2.22. The molecule has 1 amide bonds. The van der Waals surface area contributed by atoms with E-state index in [1.165, 1.54) is 4.90 Å². The smallest absolute Gasteiger partial charge is 0.281 e. The molecule has 0 unspecified atom stereocenters. The summed E-state index contributed by atoms with van der Waals surface area (Å²) in [5, 5.41) is 3.37. The van der Waals surface area contributed by atoms with Gasteiger partial charge in [0.15, 0.2) is 5.11 Å². The second kappa shape index (κ2) is 5.79. The highest BCUT2D eigenvalue weighted by Gasteiger charge is 2.31. The zero-order valence-corrected chi connectivity index (χ0v) is 13.3. The van der Waals surface area contributed by atoms with Crippen molar-refractivity contribution in [3.8, 4) is 0 Å². The molecule has 2 aromatic carbocycles. The average molecular weight is 359 g/mol. The molecule has 1 N–H and O–H groups in total. The Balaban J connectivity index is 1.94. The first-order valence-corrected chi connectivity index (χ1v) is 7.53. The zero-order chi connectivity index (χ0) is 14.8. The molecule has 0 aliphatic carbocycles. The standard InChI is InChI=1S/C16H11BrN2OS/c17-12-6-4-5-11(9-12)10-14-15(20)19(16(21)18-14)13-7-2-1-3-8-13/h1-10H,(H,18,21)/b14-10-. The molecule has 0 aromatic heterocycles. The maximum atomic E-state index is 12.5. The number of carbonyl (C=O) groups is 1. The number of hydrogen-bond acceptors (Lipinski definition) is 2. The van der Waals surface area contributed by atoms with E-state index in [1.54, 1.807) is 6.08 Å². The van der Waals surface area contributed by atoms with Gasteiger partial charge in [0.05, 0.1) is 5.69 Å². The molecular formula is C16H11BrN2OS. The predicted molar refractivity (Wildman–Crippen MR) is 91.8 cm³/mol. The molecule has 5 heteroatoms. The minimum absolute atomic E-state index is 0.147. The van der Waals surface area contributed by atoms with Gasteiger partial charge in [-0.15, -0.1) is 0 Å². The predicted octanol–water partition coefficient (Wildman–Crippen LogP) is 3.71. The van der Waals surface area contributed by atoms with E-state index in [2.05, 4.69) is 21.2 Å².